The summed E-state index contributed by atoms with van der Waals surface area (Å²) in [5.74, 6) is 0.598. The zero-order chi connectivity index (χ0) is 11.8. The zero-order valence-electron chi connectivity index (χ0n) is 10.3. The lowest BCUT2D eigenvalue weighted by molar-refractivity contribution is -0.197. The summed E-state index contributed by atoms with van der Waals surface area (Å²) >= 11 is 0. The molecule has 0 aromatic heterocycles. The van der Waals surface area contributed by atoms with Gasteiger partial charge in [-0.15, -0.1) is 0 Å². The van der Waals surface area contributed by atoms with Gasteiger partial charge in [-0.3, -0.25) is 4.90 Å². The summed E-state index contributed by atoms with van der Waals surface area (Å²) in [6.07, 6.45) is 5.01. The molecule has 0 aliphatic carbocycles. The van der Waals surface area contributed by atoms with Gasteiger partial charge in [0.1, 0.15) is 0 Å². The Bertz CT molecular complexity index is 200. The van der Waals surface area contributed by atoms with E-state index in [1.165, 1.54) is 0 Å². The average Bonchev–Trinajstić information content (AvgIpc) is 2.30. The maximum absolute atomic E-state index is 9.64. The molecular formula is C12H23NO3. The molecule has 94 valence electrons. The van der Waals surface area contributed by atoms with Gasteiger partial charge in [-0.1, -0.05) is 6.08 Å². The quantitative estimate of drug-likeness (QED) is 0.554. The number of aliphatic hydroxyl groups is 1. The van der Waals surface area contributed by atoms with E-state index in [0.29, 0.717) is 12.5 Å². The first-order valence-corrected chi connectivity index (χ1v) is 6.04. The molecule has 1 N–H and O–H groups in total. The minimum atomic E-state index is -0.734. The van der Waals surface area contributed by atoms with Crippen LogP contribution < -0.4 is 0 Å². The Morgan fingerprint density at radius 3 is 2.69 bits per heavy atom. The maximum Gasteiger partial charge on any atom is 0.216 e. The lowest BCUT2D eigenvalue weighted by Crippen LogP contribution is -2.43. The van der Waals surface area contributed by atoms with Crippen LogP contribution in [-0.2, 0) is 9.47 Å². The first-order valence-electron chi connectivity index (χ1n) is 6.04. The Hall–Kier alpha value is -0.580. The van der Waals surface area contributed by atoms with Crippen LogP contribution in [0.2, 0.25) is 0 Å². The van der Waals surface area contributed by atoms with Gasteiger partial charge in [0.15, 0.2) is 0 Å². The third-order valence-corrected chi connectivity index (χ3v) is 2.84. The molecule has 1 unspecified atom stereocenters. The van der Waals surface area contributed by atoms with E-state index in [0.717, 1.165) is 32.5 Å². The molecule has 0 bridgehead atoms. The standard InChI is InChI=1S/C12H23NO3/c1-3-9-15-10-11-5-7-13(8-6-11)12(14)16-4-2/h3,9,11-12,14H,4-8,10H2,1-2H3/b9-3+. The number of piperidine rings is 1. The number of likely N-dealkylation sites (tertiary alicyclic amines) is 1. The highest BCUT2D eigenvalue weighted by molar-refractivity contribution is 4.73. The highest BCUT2D eigenvalue weighted by Gasteiger charge is 2.23. The molecule has 0 radical (unpaired) electrons. The van der Waals surface area contributed by atoms with E-state index in [-0.39, 0.29) is 0 Å². The van der Waals surface area contributed by atoms with Crippen LogP contribution in [0.4, 0.5) is 0 Å². The molecule has 1 heterocycles. The molecule has 1 atom stereocenters. The van der Waals surface area contributed by atoms with Gasteiger partial charge in [0.2, 0.25) is 6.41 Å². The van der Waals surface area contributed by atoms with Gasteiger partial charge >= 0.3 is 0 Å². The van der Waals surface area contributed by atoms with Crippen molar-refractivity contribution in [2.45, 2.75) is 33.1 Å². The van der Waals surface area contributed by atoms with Crippen LogP contribution in [-0.4, -0.2) is 42.7 Å². The van der Waals surface area contributed by atoms with E-state index >= 15 is 0 Å². The van der Waals surface area contributed by atoms with E-state index in [4.69, 9.17) is 9.47 Å². The molecule has 0 aromatic rings. The van der Waals surface area contributed by atoms with Gasteiger partial charge in [-0.05, 0) is 32.6 Å². The number of hydrogen-bond donors (Lipinski definition) is 1. The summed E-state index contributed by atoms with van der Waals surface area (Å²) in [4.78, 5) is 1.97. The number of ether oxygens (including phenoxy) is 2. The molecule has 0 saturated carbocycles. The summed E-state index contributed by atoms with van der Waals surface area (Å²) < 4.78 is 10.5. The number of hydrogen-bond acceptors (Lipinski definition) is 4. The topological polar surface area (TPSA) is 41.9 Å². The van der Waals surface area contributed by atoms with Gasteiger partial charge < -0.3 is 14.6 Å². The van der Waals surface area contributed by atoms with Crippen molar-refractivity contribution in [1.82, 2.24) is 4.90 Å². The molecule has 1 rings (SSSR count). The first kappa shape index (κ1) is 13.5. The molecule has 16 heavy (non-hydrogen) atoms. The van der Waals surface area contributed by atoms with Crippen LogP contribution in [0.25, 0.3) is 0 Å². The first-order chi connectivity index (χ1) is 7.77. The van der Waals surface area contributed by atoms with Crippen molar-refractivity contribution < 1.29 is 14.6 Å². The second-order valence-corrected chi connectivity index (χ2v) is 4.06. The molecule has 4 nitrogen and oxygen atoms in total. The number of aliphatic hydroxyl groups excluding tert-OH is 1. The van der Waals surface area contributed by atoms with E-state index in [1.807, 2.05) is 24.8 Å². The van der Waals surface area contributed by atoms with Gasteiger partial charge in [0, 0.05) is 19.7 Å². The average molecular weight is 229 g/mol. The van der Waals surface area contributed by atoms with Crippen LogP contribution in [0.5, 0.6) is 0 Å². The van der Waals surface area contributed by atoms with Gasteiger partial charge in [0.25, 0.3) is 0 Å². The molecular weight excluding hydrogens is 206 g/mol. The fraction of sp³-hybridized carbons (Fsp3) is 0.833. The van der Waals surface area contributed by atoms with E-state index in [1.54, 1.807) is 6.26 Å². The Kier molecular flexibility index (Phi) is 6.45. The molecule has 0 aromatic carbocycles. The monoisotopic (exact) mass is 229 g/mol. The molecule has 1 aliphatic heterocycles. The Labute approximate surface area is 97.8 Å². The SMILES string of the molecule is C/C=C/OCC1CCN(C(O)OCC)CC1. The molecule has 0 amide bonds. The van der Waals surface area contributed by atoms with Crippen molar-refractivity contribution in [2.75, 3.05) is 26.3 Å². The third-order valence-electron chi connectivity index (χ3n) is 2.84. The highest BCUT2D eigenvalue weighted by Crippen LogP contribution is 2.19. The van der Waals surface area contributed by atoms with Crippen molar-refractivity contribution in [3.05, 3.63) is 12.3 Å². The number of nitrogens with zero attached hydrogens (tertiary/aromatic N) is 1. The van der Waals surface area contributed by atoms with Crippen LogP contribution in [0.3, 0.4) is 0 Å². The molecule has 1 saturated heterocycles. The van der Waals surface area contributed by atoms with Gasteiger partial charge in [-0.25, -0.2) is 0 Å². The Balaban J connectivity index is 2.17. The van der Waals surface area contributed by atoms with Crippen LogP contribution in [0.1, 0.15) is 26.7 Å². The zero-order valence-corrected chi connectivity index (χ0v) is 10.3. The third kappa shape index (κ3) is 4.51. The minimum absolute atomic E-state index is 0.547. The normalized spacial score (nSPS) is 21.4. The van der Waals surface area contributed by atoms with Gasteiger partial charge in [-0.2, -0.15) is 0 Å². The van der Waals surface area contributed by atoms with E-state index < -0.39 is 6.41 Å². The van der Waals surface area contributed by atoms with Crippen molar-refractivity contribution in [2.24, 2.45) is 5.92 Å². The Morgan fingerprint density at radius 2 is 2.12 bits per heavy atom. The molecule has 0 spiro atoms. The lowest BCUT2D eigenvalue weighted by Gasteiger charge is -2.34. The van der Waals surface area contributed by atoms with Crippen molar-refractivity contribution >= 4 is 0 Å². The summed E-state index contributed by atoms with van der Waals surface area (Å²) in [5, 5.41) is 9.64. The summed E-state index contributed by atoms with van der Waals surface area (Å²) in [7, 11) is 0. The molecule has 1 aliphatic rings. The van der Waals surface area contributed by atoms with E-state index in [9.17, 15) is 5.11 Å². The second-order valence-electron chi connectivity index (χ2n) is 4.06. The molecule has 4 heteroatoms. The fourth-order valence-corrected chi connectivity index (χ4v) is 1.88. The van der Waals surface area contributed by atoms with Crippen molar-refractivity contribution in [3.8, 4) is 0 Å². The lowest BCUT2D eigenvalue weighted by atomic mass is 9.98. The largest absolute Gasteiger partial charge is 0.501 e. The van der Waals surface area contributed by atoms with Crippen LogP contribution in [0.15, 0.2) is 12.3 Å². The molecule has 1 fully saturated rings. The minimum Gasteiger partial charge on any atom is -0.501 e. The van der Waals surface area contributed by atoms with Crippen LogP contribution >= 0.6 is 0 Å². The number of allylic oxidation sites excluding steroid dienone is 1. The van der Waals surface area contributed by atoms with Crippen LogP contribution in [0, 0.1) is 5.92 Å². The summed E-state index contributed by atoms with van der Waals surface area (Å²) in [6, 6.07) is 0. The predicted molar refractivity (Wildman–Crippen MR) is 62.7 cm³/mol. The van der Waals surface area contributed by atoms with Crippen molar-refractivity contribution in [3.63, 3.8) is 0 Å². The maximum atomic E-state index is 9.64. The van der Waals surface area contributed by atoms with E-state index in [2.05, 4.69) is 0 Å². The van der Waals surface area contributed by atoms with Crippen molar-refractivity contribution in [1.29, 1.82) is 0 Å². The highest BCUT2D eigenvalue weighted by atomic mass is 16.6. The fourth-order valence-electron chi connectivity index (χ4n) is 1.88. The summed E-state index contributed by atoms with van der Waals surface area (Å²) in [5.41, 5.74) is 0. The Morgan fingerprint density at radius 1 is 1.44 bits per heavy atom. The predicted octanol–water partition coefficient (Wildman–Crippen LogP) is 1.56. The summed E-state index contributed by atoms with van der Waals surface area (Å²) in [6.45, 7) is 6.92. The van der Waals surface area contributed by atoms with Gasteiger partial charge in [0.05, 0.1) is 12.9 Å². The second kappa shape index (κ2) is 7.65. The smallest absolute Gasteiger partial charge is 0.216 e. The number of rotatable bonds is 6.